The Bertz CT molecular complexity index is 799. The van der Waals surface area contributed by atoms with Crippen LogP contribution in [-0.2, 0) is 9.59 Å². The Morgan fingerprint density at radius 1 is 1.12 bits per heavy atom. The molecule has 2 rings (SSSR count). The number of rotatable bonds is 6. The first-order chi connectivity index (χ1) is 11.8. The van der Waals surface area contributed by atoms with Crippen LogP contribution in [0.15, 0.2) is 45.3 Å². The molecule has 0 heterocycles. The molecule has 0 atom stereocenters. The Kier molecular flexibility index (Phi) is 7.28. The Labute approximate surface area is 167 Å². The smallest absolute Gasteiger partial charge is 0.258 e. The summed E-state index contributed by atoms with van der Waals surface area (Å²) in [6.07, 6.45) is 0. The lowest BCUT2D eigenvalue weighted by Crippen LogP contribution is -2.35. The molecule has 0 aliphatic rings. The summed E-state index contributed by atoms with van der Waals surface area (Å²) < 4.78 is 6.96. The van der Waals surface area contributed by atoms with Crippen LogP contribution in [0.1, 0.15) is 5.56 Å². The maximum absolute atomic E-state index is 11.9. The number of hydrogen-bond acceptors (Lipinski definition) is 3. The van der Waals surface area contributed by atoms with Crippen LogP contribution in [0.4, 0.5) is 5.69 Å². The SMILES string of the molecule is Cc1cc(Br)ccc1NC(=O)CNC(=O)COc1ccc(Cl)cc1Br. The Hall–Kier alpha value is -1.57. The monoisotopic (exact) mass is 488 g/mol. The molecule has 25 heavy (non-hydrogen) atoms. The molecule has 0 radical (unpaired) electrons. The van der Waals surface area contributed by atoms with Gasteiger partial charge in [-0.1, -0.05) is 27.5 Å². The van der Waals surface area contributed by atoms with Gasteiger partial charge in [0.05, 0.1) is 11.0 Å². The van der Waals surface area contributed by atoms with Crippen LogP contribution < -0.4 is 15.4 Å². The number of carbonyl (C=O) groups excluding carboxylic acids is 2. The van der Waals surface area contributed by atoms with E-state index < -0.39 is 5.91 Å². The van der Waals surface area contributed by atoms with Gasteiger partial charge in [-0.15, -0.1) is 0 Å². The van der Waals surface area contributed by atoms with Crippen LogP contribution in [0.25, 0.3) is 0 Å². The molecule has 2 N–H and O–H groups in total. The molecule has 0 aromatic heterocycles. The molecule has 132 valence electrons. The van der Waals surface area contributed by atoms with E-state index in [1.54, 1.807) is 24.3 Å². The fraction of sp³-hybridized carbons (Fsp3) is 0.176. The van der Waals surface area contributed by atoms with E-state index in [4.69, 9.17) is 16.3 Å². The predicted molar refractivity (Wildman–Crippen MR) is 105 cm³/mol. The summed E-state index contributed by atoms with van der Waals surface area (Å²) in [7, 11) is 0. The van der Waals surface area contributed by atoms with E-state index in [0.29, 0.717) is 20.9 Å². The molecule has 2 aromatic carbocycles. The number of nitrogens with one attached hydrogen (secondary N) is 2. The maximum atomic E-state index is 11.9. The minimum atomic E-state index is -0.399. The summed E-state index contributed by atoms with van der Waals surface area (Å²) in [5, 5.41) is 5.81. The highest BCUT2D eigenvalue weighted by molar-refractivity contribution is 9.10. The first kappa shape index (κ1) is 19.8. The lowest BCUT2D eigenvalue weighted by atomic mass is 10.2. The van der Waals surface area contributed by atoms with Crippen molar-refractivity contribution >= 4 is 61.0 Å². The Morgan fingerprint density at radius 3 is 2.56 bits per heavy atom. The van der Waals surface area contributed by atoms with Crippen LogP contribution >= 0.6 is 43.5 Å². The van der Waals surface area contributed by atoms with Crippen molar-refractivity contribution in [2.24, 2.45) is 0 Å². The van der Waals surface area contributed by atoms with Gasteiger partial charge in [0.1, 0.15) is 5.75 Å². The number of benzene rings is 2. The van der Waals surface area contributed by atoms with Crippen molar-refractivity contribution in [2.75, 3.05) is 18.5 Å². The molecule has 2 aromatic rings. The molecule has 0 saturated heterocycles. The second-order valence-electron chi connectivity index (χ2n) is 5.15. The molecule has 0 spiro atoms. The molecule has 0 aliphatic carbocycles. The first-order valence-corrected chi connectivity index (χ1v) is 9.22. The van der Waals surface area contributed by atoms with E-state index in [-0.39, 0.29) is 19.1 Å². The van der Waals surface area contributed by atoms with E-state index in [9.17, 15) is 9.59 Å². The zero-order valence-corrected chi connectivity index (χ0v) is 17.2. The fourth-order valence-corrected chi connectivity index (χ4v) is 3.20. The van der Waals surface area contributed by atoms with Crippen LogP contribution in [-0.4, -0.2) is 25.0 Å². The average Bonchev–Trinajstić information content (AvgIpc) is 2.55. The highest BCUT2D eigenvalue weighted by atomic mass is 79.9. The number of hydrogen-bond donors (Lipinski definition) is 2. The largest absolute Gasteiger partial charge is 0.483 e. The van der Waals surface area contributed by atoms with Crippen molar-refractivity contribution in [1.29, 1.82) is 0 Å². The van der Waals surface area contributed by atoms with Gasteiger partial charge in [0.25, 0.3) is 5.91 Å². The lowest BCUT2D eigenvalue weighted by Gasteiger charge is -2.11. The number of ether oxygens (including phenoxy) is 1. The van der Waals surface area contributed by atoms with Gasteiger partial charge >= 0.3 is 0 Å². The summed E-state index contributed by atoms with van der Waals surface area (Å²) in [4.78, 5) is 23.7. The molecular formula is C17H15Br2ClN2O3. The first-order valence-electron chi connectivity index (χ1n) is 7.25. The molecule has 0 bridgehead atoms. The van der Waals surface area contributed by atoms with Gasteiger partial charge in [0.15, 0.2) is 6.61 Å². The van der Waals surface area contributed by atoms with Gasteiger partial charge in [0, 0.05) is 15.2 Å². The van der Waals surface area contributed by atoms with Crippen molar-refractivity contribution < 1.29 is 14.3 Å². The highest BCUT2D eigenvalue weighted by Crippen LogP contribution is 2.27. The number of aryl methyl sites for hydroxylation is 1. The summed E-state index contributed by atoms with van der Waals surface area (Å²) >= 11 is 12.5. The van der Waals surface area contributed by atoms with E-state index in [2.05, 4.69) is 42.5 Å². The third kappa shape index (κ3) is 6.34. The third-order valence-corrected chi connectivity index (χ3v) is 4.51. The van der Waals surface area contributed by atoms with E-state index in [0.717, 1.165) is 10.0 Å². The number of amides is 2. The van der Waals surface area contributed by atoms with Gasteiger partial charge in [0.2, 0.25) is 5.91 Å². The van der Waals surface area contributed by atoms with Crippen LogP contribution in [0.2, 0.25) is 5.02 Å². The molecule has 5 nitrogen and oxygen atoms in total. The molecule has 2 amide bonds. The van der Waals surface area contributed by atoms with Crippen molar-refractivity contribution in [1.82, 2.24) is 5.32 Å². The van der Waals surface area contributed by atoms with Crippen LogP contribution in [0.3, 0.4) is 0 Å². The fourth-order valence-electron chi connectivity index (χ4n) is 1.93. The second kappa shape index (κ2) is 9.22. The molecular weight excluding hydrogens is 475 g/mol. The summed E-state index contributed by atoms with van der Waals surface area (Å²) in [6.45, 7) is 1.54. The summed E-state index contributed by atoms with van der Waals surface area (Å²) in [5.41, 5.74) is 1.62. The van der Waals surface area contributed by atoms with E-state index in [1.165, 1.54) is 0 Å². The number of carbonyl (C=O) groups is 2. The van der Waals surface area contributed by atoms with Crippen molar-refractivity contribution in [3.8, 4) is 5.75 Å². The molecule has 8 heteroatoms. The van der Waals surface area contributed by atoms with Crippen LogP contribution in [0, 0.1) is 6.92 Å². The second-order valence-corrected chi connectivity index (χ2v) is 7.35. The number of anilines is 1. The molecule has 0 aliphatic heterocycles. The average molecular weight is 491 g/mol. The quantitative estimate of drug-likeness (QED) is 0.634. The standard InChI is InChI=1S/C17H15Br2ClN2O3/c1-10-6-11(18)2-4-14(10)22-16(23)8-21-17(24)9-25-15-5-3-12(20)7-13(15)19/h2-7H,8-9H2,1H3,(H,21,24)(H,22,23). The Balaban J connectivity index is 1.78. The molecule has 0 unspecified atom stereocenters. The third-order valence-electron chi connectivity index (χ3n) is 3.16. The molecule has 0 fully saturated rings. The van der Waals surface area contributed by atoms with Crippen LogP contribution in [0.5, 0.6) is 5.75 Å². The highest BCUT2D eigenvalue weighted by Gasteiger charge is 2.09. The van der Waals surface area contributed by atoms with Gasteiger partial charge in [-0.3, -0.25) is 9.59 Å². The zero-order chi connectivity index (χ0) is 18.4. The topological polar surface area (TPSA) is 67.4 Å². The van der Waals surface area contributed by atoms with Crippen molar-refractivity contribution in [2.45, 2.75) is 6.92 Å². The number of halogens is 3. The normalized spacial score (nSPS) is 10.2. The van der Waals surface area contributed by atoms with Gasteiger partial charge in [-0.25, -0.2) is 0 Å². The zero-order valence-electron chi connectivity index (χ0n) is 13.2. The van der Waals surface area contributed by atoms with Gasteiger partial charge < -0.3 is 15.4 Å². The van der Waals surface area contributed by atoms with Crippen molar-refractivity contribution in [3.63, 3.8) is 0 Å². The minimum absolute atomic E-state index is 0.139. The van der Waals surface area contributed by atoms with E-state index in [1.807, 2.05) is 19.1 Å². The molecule has 0 saturated carbocycles. The van der Waals surface area contributed by atoms with Gasteiger partial charge in [-0.05, 0) is 64.8 Å². The predicted octanol–water partition coefficient (Wildman–Crippen LogP) is 4.31. The Morgan fingerprint density at radius 2 is 1.88 bits per heavy atom. The summed E-state index contributed by atoms with van der Waals surface area (Å²) in [6, 6.07) is 10.5. The van der Waals surface area contributed by atoms with Gasteiger partial charge in [-0.2, -0.15) is 0 Å². The van der Waals surface area contributed by atoms with E-state index >= 15 is 0 Å². The summed E-state index contributed by atoms with van der Waals surface area (Å²) in [5.74, 6) is -0.217. The lowest BCUT2D eigenvalue weighted by molar-refractivity contribution is -0.125. The van der Waals surface area contributed by atoms with Crippen molar-refractivity contribution in [3.05, 3.63) is 55.9 Å². The minimum Gasteiger partial charge on any atom is -0.483 e. The maximum Gasteiger partial charge on any atom is 0.258 e.